The van der Waals surface area contributed by atoms with Crippen molar-refractivity contribution < 1.29 is 4.79 Å². The van der Waals surface area contributed by atoms with Crippen LogP contribution in [-0.2, 0) is 11.3 Å². The second-order valence-corrected chi connectivity index (χ2v) is 6.66. The van der Waals surface area contributed by atoms with Crippen LogP contribution in [0.15, 0.2) is 22.7 Å². The second-order valence-electron chi connectivity index (χ2n) is 5.80. The molecule has 1 N–H and O–H groups in total. The van der Waals surface area contributed by atoms with Crippen molar-refractivity contribution in [2.24, 2.45) is 0 Å². The molecule has 1 aromatic rings. The smallest absolute Gasteiger partial charge is 0.219 e. The highest BCUT2D eigenvalue weighted by atomic mass is 79.9. The summed E-state index contributed by atoms with van der Waals surface area (Å²) in [4.78, 5) is 15.6. The molecule has 1 amide bonds. The lowest BCUT2D eigenvalue weighted by molar-refractivity contribution is -0.129. The highest BCUT2D eigenvalue weighted by molar-refractivity contribution is 9.10. The fourth-order valence-electron chi connectivity index (χ4n) is 2.47. The summed E-state index contributed by atoms with van der Waals surface area (Å²) in [5.74, 6) is 0.172. The molecule has 1 heterocycles. The Balaban J connectivity index is 1.99. The third-order valence-corrected chi connectivity index (χ3v) is 4.57. The molecule has 1 aliphatic rings. The number of piperazine rings is 1. The van der Waals surface area contributed by atoms with Gasteiger partial charge in [-0.05, 0) is 17.7 Å². The summed E-state index contributed by atoms with van der Waals surface area (Å²) in [6.07, 6.45) is 0. The molecular weight excluding hydrogens is 330 g/mol. The zero-order valence-electron chi connectivity index (χ0n) is 13.0. The third kappa shape index (κ3) is 4.45. The largest absolute Gasteiger partial charge is 0.368 e. The molecule has 0 aromatic heterocycles. The van der Waals surface area contributed by atoms with Gasteiger partial charge in [0.05, 0.1) is 0 Å². The van der Waals surface area contributed by atoms with Crippen molar-refractivity contribution in [3.05, 3.63) is 28.2 Å². The van der Waals surface area contributed by atoms with Gasteiger partial charge in [-0.3, -0.25) is 4.79 Å². The SMILES string of the molecule is CC(=O)N1CCN(c2ccc(CNC(C)C)c(Br)c2)CC1. The van der Waals surface area contributed by atoms with Gasteiger partial charge in [0, 0.05) is 55.8 Å². The number of halogens is 1. The molecular formula is C16H24BrN3O. The van der Waals surface area contributed by atoms with Gasteiger partial charge in [-0.25, -0.2) is 0 Å². The predicted molar refractivity (Wildman–Crippen MR) is 90.6 cm³/mol. The predicted octanol–water partition coefficient (Wildman–Crippen LogP) is 2.62. The number of rotatable bonds is 4. The molecule has 21 heavy (non-hydrogen) atoms. The van der Waals surface area contributed by atoms with E-state index in [1.54, 1.807) is 6.92 Å². The molecule has 1 fully saturated rings. The lowest BCUT2D eigenvalue weighted by atomic mass is 10.1. The summed E-state index contributed by atoms with van der Waals surface area (Å²) >= 11 is 3.67. The maximum Gasteiger partial charge on any atom is 0.219 e. The Morgan fingerprint density at radius 2 is 1.95 bits per heavy atom. The van der Waals surface area contributed by atoms with Crippen LogP contribution in [0, 0.1) is 0 Å². The maximum absolute atomic E-state index is 11.4. The maximum atomic E-state index is 11.4. The van der Waals surface area contributed by atoms with Crippen molar-refractivity contribution >= 4 is 27.5 Å². The van der Waals surface area contributed by atoms with E-state index in [1.807, 2.05) is 4.90 Å². The first-order chi connectivity index (χ1) is 9.97. The van der Waals surface area contributed by atoms with E-state index in [0.717, 1.165) is 37.2 Å². The van der Waals surface area contributed by atoms with Gasteiger partial charge in [-0.1, -0.05) is 35.8 Å². The number of carbonyl (C=O) groups excluding carboxylic acids is 1. The van der Waals surface area contributed by atoms with Gasteiger partial charge in [0.15, 0.2) is 0 Å². The molecule has 1 aliphatic heterocycles. The molecule has 116 valence electrons. The highest BCUT2D eigenvalue weighted by Crippen LogP contribution is 2.25. The van der Waals surface area contributed by atoms with Crippen molar-refractivity contribution in [2.75, 3.05) is 31.1 Å². The summed E-state index contributed by atoms with van der Waals surface area (Å²) < 4.78 is 1.14. The van der Waals surface area contributed by atoms with E-state index in [4.69, 9.17) is 0 Å². The number of hydrogen-bond donors (Lipinski definition) is 1. The summed E-state index contributed by atoms with van der Waals surface area (Å²) in [6.45, 7) is 10.2. The molecule has 0 unspecified atom stereocenters. The van der Waals surface area contributed by atoms with E-state index < -0.39 is 0 Å². The van der Waals surface area contributed by atoms with Crippen molar-refractivity contribution in [1.29, 1.82) is 0 Å². The number of hydrogen-bond acceptors (Lipinski definition) is 3. The zero-order chi connectivity index (χ0) is 15.4. The summed E-state index contributed by atoms with van der Waals surface area (Å²) in [6, 6.07) is 7.01. The topological polar surface area (TPSA) is 35.6 Å². The van der Waals surface area contributed by atoms with Crippen LogP contribution < -0.4 is 10.2 Å². The zero-order valence-corrected chi connectivity index (χ0v) is 14.6. The monoisotopic (exact) mass is 353 g/mol. The van der Waals surface area contributed by atoms with Gasteiger partial charge in [0.25, 0.3) is 0 Å². The van der Waals surface area contributed by atoms with Gasteiger partial charge in [0.1, 0.15) is 0 Å². The standard InChI is InChI=1S/C16H24BrN3O/c1-12(2)18-11-14-4-5-15(10-16(14)17)20-8-6-19(7-9-20)13(3)21/h4-5,10,12,18H,6-9,11H2,1-3H3. The Morgan fingerprint density at radius 1 is 1.29 bits per heavy atom. The summed E-state index contributed by atoms with van der Waals surface area (Å²) in [5, 5.41) is 3.43. The van der Waals surface area contributed by atoms with Gasteiger partial charge in [-0.15, -0.1) is 0 Å². The number of carbonyl (C=O) groups is 1. The van der Waals surface area contributed by atoms with E-state index in [1.165, 1.54) is 11.3 Å². The average molecular weight is 354 g/mol. The molecule has 0 radical (unpaired) electrons. The van der Waals surface area contributed by atoms with Crippen molar-refractivity contribution in [3.63, 3.8) is 0 Å². The molecule has 0 atom stereocenters. The summed E-state index contributed by atoms with van der Waals surface area (Å²) in [7, 11) is 0. The molecule has 0 aliphatic carbocycles. The van der Waals surface area contributed by atoms with Crippen LogP contribution >= 0.6 is 15.9 Å². The number of amides is 1. The molecule has 4 nitrogen and oxygen atoms in total. The van der Waals surface area contributed by atoms with Crippen LogP contribution in [0.25, 0.3) is 0 Å². The Labute approximate surface area is 135 Å². The van der Waals surface area contributed by atoms with E-state index in [0.29, 0.717) is 6.04 Å². The molecule has 0 spiro atoms. The minimum absolute atomic E-state index is 0.172. The van der Waals surface area contributed by atoms with Crippen molar-refractivity contribution in [2.45, 2.75) is 33.4 Å². The number of anilines is 1. The van der Waals surface area contributed by atoms with Crippen LogP contribution in [0.2, 0.25) is 0 Å². The first kappa shape index (κ1) is 16.3. The third-order valence-electron chi connectivity index (χ3n) is 3.83. The Bertz CT molecular complexity index is 496. The Hall–Kier alpha value is -1.07. The fraction of sp³-hybridized carbons (Fsp3) is 0.562. The molecule has 0 saturated carbocycles. The van der Waals surface area contributed by atoms with Crippen LogP contribution in [0.3, 0.4) is 0 Å². The van der Waals surface area contributed by atoms with Gasteiger partial charge in [-0.2, -0.15) is 0 Å². The molecule has 2 rings (SSSR count). The van der Waals surface area contributed by atoms with Crippen LogP contribution in [0.4, 0.5) is 5.69 Å². The Morgan fingerprint density at radius 3 is 2.48 bits per heavy atom. The van der Waals surface area contributed by atoms with Gasteiger partial charge in [0.2, 0.25) is 5.91 Å². The van der Waals surface area contributed by atoms with Crippen molar-refractivity contribution in [1.82, 2.24) is 10.2 Å². The Kier molecular flexibility index (Phi) is 5.65. The van der Waals surface area contributed by atoms with Crippen LogP contribution in [-0.4, -0.2) is 43.0 Å². The quantitative estimate of drug-likeness (QED) is 0.903. The van der Waals surface area contributed by atoms with Crippen LogP contribution in [0.1, 0.15) is 26.3 Å². The van der Waals surface area contributed by atoms with E-state index in [2.05, 4.69) is 58.2 Å². The minimum Gasteiger partial charge on any atom is -0.368 e. The normalized spacial score (nSPS) is 15.7. The number of benzene rings is 1. The first-order valence-corrected chi connectivity index (χ1v) is 8.29. The van der Waals surface area contributed by atoms with Gasteiger partial charge >= 0.3 is 0 Å². The van der Waals surface area contributed by atoms with E-state index in [9.17, 15) is 4.79 Å². The summed E-state index contributed by atoms with van der Waals surface area (Å²) in [5.41, 5.74) is 2.49. The van der Waals surface area contributed by atoms with Crippen molar-refractivity contribution in [3.8, 4) is 0 Å². The van der Waals surface area contributed by atoms with E-state index >= 15 is 0 Å². The average Bonchev–Trinajstić information content (AvgIpc) is 2.46. The first-order valence-electron chi connectivity index (χ1n) is 7.49. The number of nitrogens with zero attached hydrogens (tertiary/aromatic N) is 2. The second kappa shape index (κ2) is 7.27. The molecule has 0 bridgehead atoms. The van der Waals surface area contributed by atoms with Gasteiger partial charge < -0.3 is 15.1 Å². The molecule has 1 saturated heterocycles. The molecule has 1 aromatic carbocycles. The number of nitrogens with one attached hydrogen (secondary N) is 1. The fourth-order valence-corrected chi connectivity index (χ4v) is 2.98. The lowest BCUT2D eigenvalue weighted by Crippen LogP contribution is -2.48. The van der Waals surface area contributed by atoms with Crippen LogP contribution in [0.5, 0.6) is 0 Å². The minimum atomic E-state index is 0.172. The highest BCUT2D eigenvalue weighted by Gasteiger charge is 2.19. The molecule has 5 heteroatoms. The van der Waals surface area contributed by atoms with E-state index in [-0.39, 0.29) is 5.91 Å². The lowest BCUT2D eigenvalue weighted by Gasteiger charge is -2.35.